The van der Waals surface area contributed by atoms with Crippen LogP contribution in [0.1, 0.15) is 39.9 Å². The molecule has 2 heterocycles. The number of nitrogens with zero attached hydrogens (tertiary/aromatic N) is 4. The molecule has 0 bridgehead atoms. The third-order valence-electron chi connectivity index (χ3n) is 7.29. The van der Waals surface area contributed by atoms with E-state index in [1.807, 2.05) is 7.05 Å². The first-order valence-corrected chi connectivity index (χ1v) is 15.7. The van der Waals surface area contributed by atoms with Crippen molar-refractivity contribution in [3.63, 3.8) is 0 Å². The van der Waals surface area contributed by atoms with E-state index in [0.29, 0.717) is 28.7 Å². The number of aromatic nitrogens is 2. The molecule has 0 radical (unpaired) electrons. The van der Waals surface area contributed by atoms with Crippen LogP contribution in [0, 0.1) is 6.92 Å². The van der Waals surface area contributed by atoms with Gasteiger partial charge >= 0.3 is 6.18 Å². The van der Waals surface area contributed by atoms with E-state index < -0.39 is 27.6 Å². The normalized spacial score (nSPS) is 15.9. The zero-order chi connectivity index (χ0) is 32.2. The van der Waals surface area contributed by atoms with Gasteiger partial charge in [-0.15, -0.1) is 0 Å². The number of hydrogen-bond donors (Lipinski definition) is 3. The number of methoxy groups -OCH3 is 1. The molecule has 1 unspecified atom stereocenters. The number of likely N-dealkylation sites (N-methyl/N-ethyl adjacent to an activating group) is 1. The van der Waals surface area contributed by atoms with Crippen molar-refractivity contribution in [2.75, 3.05) is 55.5 Å². The van der Waals surface area contributed by atoms with Crippen LogP contribution in [0.4, 0.5) is 36.3 Å². The van der Waals surface area contributed by atoms with Crippen LogP contribution < -0.4 is 25.0 Å². The van der Waals surface area contributed by atoms with E-state index in [2.05, 4.69) is 30.8 Å². The van der Waals surface area contributed by atoms with Crippen LogP contribution >= 0.6 is 0 Å². The summed E-state index contributed by atoms with van der Waals surface area (Å²) in [6, 6.07) is 9.71. The summed E-state index contributed by atoms with van der Waals surface area (Å²) < 4.78 is 72.5. The maximum Gasteiger partial charge on any atom is 0.421 e. The average Bonchev–Trinajstić information content (AvgIpc) is 2.95. The Balaban J connectivity index is 1.57. The van der Waals surface area contributed by atoms with Crippen LogP contribution in [0.5, 0.6) is 5.75 Å². The summed E-state index contributed by atoms with van der Waals surface area (Å²) in [4.78, 5) is 23.0. The number of halogens is 3. The van der Waals surface area contributed by atoms with Gasteiger partial charge in [0.25, 0.3) is 5.91 Å². The zero-order valence-electron chi connectivity index (χ0n) is 25.1. The van der Waals surface area contributed by atoms with E-state index in [-0.39, 0.29) is 30.2 Å². The predicted octanol–water partition coefficient (Wildman–Crippen LogP) is 4.39. The lowest BCUT2D eigenvalue weighted by molar-refractivity contribution is -0.137. The third-order valence-corrected chi connectivity index (χ3v) is 8.48. The van der Waals surface area contributed by atoms with Crippen LogP contribution in [-0.2, 0) is 22.7 Å². The minimum absolute atomic E-state index is 0.0271. The molecule has 1 atom stereocenters. The zero-order valence-corrected chi connectivity index (χ0v) is 25.9. The van der Waals surface area contributed by atoms with Crippen molar-refractivity contribution < 1.29 is 31.1 Å². The summed E-state index contributed by atoms with van der Waals surface area (Å²) in [5, 5.41) is 8.60. The van der Waals surface area contributed by atoms with Gasteiger partial charge in [-0.25, -0.2) is 13.4 Å². The molecular weight excluding hydrogens is 599 g/mol. The maximum atomic E-state index is 13.9. The second-order valence-corrected chi connectivity index (χ2v) is 12.8. The molecule has 11 nitrogen and oxygen atoms in total. The van der Waals surface area contributed by atoms with Crippen molar-refractivity contribution in [1.29, 1.82) is 0 Å². The van der Waals surface area contributed by atoms with Gasteiger partial charge in [-0.05, 0) is 68.8 Å². The highest BCUT2D eigenvalue weighted by molar-refractivity contribution is 7.92. The summed E-state index contributed by atoms with van der Waals surface area (Å²) in [5.74, 6) is -0.650. The van der Waals surface area contributed by atoms with Crippen LogP contribution in [-0.4, -0.2) is 75.8 Å². The van der Waals surface area contributed by atoms with Crippen molar-refractivity contribution >= 4 is 39.1 Å². The molecule has 1 fully saturated rings. The minimum atomic E-state index is -4.76. The number of carbonyl (C=O) groups is 1. The Morgan fingerprint density at radius 1 is 1.20 bits per heavy atom. The second-order valence-electron chi connectivity index (χ2n) is 10.8. The average molecular weight is 636 g/mol. The number of piperidine rings is 1. The van der Waals surface area contributed by atoms with Crippen LogP contribution in [0.3, 0.4) is 0 Å². The van der Waals surface area contributed by atoms with Crippen LogP contribution in [0.2, 0.25) is 0 Å². The molecule has 0 spiro atoms. The van der Waals surface area contributed by atoms with E-state index >= 15 is 0 Å². The number of nitrogens with one attached hydrogen (secondary N) is 3. The highest BCUT2D eigenvalue weighted by Gasteiger charge is 2.35. The number of ether oxygens (including phenoxy) is 1. The van der Waals surface area contributed by atoms with E-state index in [1.165, 1.54) is 20.2 Å². The Bertz CT molecular complexity index is 1620. The molecule has 15 heteroatoms. The molecular formula is C29H36F3N7O4S. The number of rotatable bonds is 10. The lowest BCUT2D eigenvalue weighted by atomic mass is 10.1. The van der Waals surface area contributed by atoms with Gasteiger partial charge in [-0.3, -0.25) is 9.10 Å². The lowest BCUT2D eigenvalue weighted by Gasteiger charge is -2.30. The molecule has 1 aliphatic rings. The molecule has 1 saturated heterocycles. The monoisotopic (exact) mass is 635 g/mol. The molecule has 3 N–H and O–H groups in total. The van der Waals surface area contributed by atoms with Gasteiger partial charge in [-0.1, -0.05) is 12.1 Å². The summed E-state index contributed by atoms with van der Waals surface area (Å²) in [5.41, 5.74) is 1.15. The van der Waals surface area contributed by atoms with Gasteiger partial charge in [0.15, 0.2) is 0 Å². The summed E-state index contributed by atoms with van der Waals surface area (Å²) in [7, 11) is 1.16. The molecule has 1 aliphatic heterocycles. The fraction of sp³-hybridized carbons (Fsp3) is 0.414. The van der Waals surface area contributed by atoms with E-state index in [1.54, 1.807) is 37.3 Å². The number of benzene rings is 2. The number of sulfonamides is 1. The second kappa shape index (κ2) is 13.3. The Hall–Kier alpha value is -4.11. The molecule has 4 rings (SSSR count). The molecule has 238 valence electrons. The lowest BCUT2D eigenvalue weighted by Crippen LogP contribution is -2.46. The van der Waals surface area contributed by atoms with Crippen molar-refractivity contribution in [2.45, 2.75) is 38.5 Å². The topological polar surface area (TPSA) is 129 Å². The first kappa shape index (κ1) is 32.8. The molecule has 2 aromatic carbocycles. The number of anilines is 4. The van der Waals surface area contributed by atoms with Crippen molar-refractivity contribution in [3.8, 4) is 5.75 Å². The number of likely N-dealkylation sites (tertiary alicyclic amines) is 1. The smallest absolute Gasteiger partial charge is 0.421 e. The summed E-state index contributed by atoms with van der Waals surface area (Å²) in [6.07, 6.45) is -1.19. The van der Waals surface area contributed by atoms with Crippen LogP contribution in [0.15, 0.2) is 42.6 Å². The van der Waals surface area contributed by atoms with Gasteiger partial charge in [0.2, 0.25) is 16.0 Å². The number of alkyl halides is 3. The summed E-state index contributed by atoms with van der Waals surface area (Å²) in [6.45, 7) is 3.36. The number of aryl methyl sites for hydroxylation is 1. The quantitative estimate of drug-likeness (QED) is 0.297. The van der Waals surface area contributed by atoms with Gasteiger partial charge in [-0.2, -0.15) is 18.2 Å². The van der Waals surface area contributed by atoms with Gasteiger partial charge in [0.1, 0.15) is 17.1 Å². The molecule has 44 heavy (non-hydrogen) atoms. The fourth-order valence-electron chi connectivity index (χ4n) is 4.87. The predicted molar refractivity (Wildman–Crippen MR) is 163 cm³/mol. The summed E-state index contributed by atoms with van der Waals surface area (Å²) >= 11 is 0. The van der Waals surface area contributed by atoms with E-state index in [9.17, 15) is 26.4 Å². The first-order valence-electron chi connectivity index (χ1n) is 13.8. The molecule has 3 aromatic rings. The minimum Gasteiger partial charge on any atom is -0.495 e. The number of hydrogen-bond acceptors (Lipinski definition) is 9. The highest BCUT2D eigenvalue weighted by Crippen LogP contribution is 2.36. The Morgan fingerprint density at radius 3 is 2.61 bits per heavy atom. The first-order chi connectivity index (χ1) is 20.7. The standard InChI is InChI=1S/C29H36F3N7O4S/c1-18-8-9-20(24(13-18)39(3)44(5,41)42)15-33-26-22(29(30,31)32)16-34-28(37-26)36-23-11-10-19(14-25(23)43-4)27(40)35-21-7-6-12-38(2)17-21/h8-11,13-14,16,21H,6-7,12,15,17H2,1-5H3,(H,35,40)(H2,33,34,36,37). The van der Waals surface area contributed by atoms with Crippen molar-refractivity contribution in [3.05, 3.63) is 64.8 Å². The SMILES string of the molecule is COc1cc(C(=O)NC2CCCN(C)C2)ccc1Nc1ncc(C(F)(F)F)c(NCc2ccc(C)cc2N(C)S(C)(=O)=O)n1. The Kier molecular flexibility index (Phi) is 9.88. The Morgan fingerprint density at radius 2 is 1.95 bits per heavy atom. The molecule has 0 saturated carbocycles. The Labute approximate surface area is 254 Å². The largest absolute Gasteiger partial charge is 0.495 e. The third kappa shape index (κ3) is 8.08. The van der Waals surface area contributed by atoms with E-state index in [0.717, 1.165) is 42.1 Å². The van der Waals surface area contributed by atoms with Crippen molar-refractivity contribution in [1.82, 2.24) is 20.2 Å². The van der Waals surface area contributed by atoms with Crippen molar-refractivity contribution in [2.24, 2.45) is 0 Å². The van der Waals surface area contributed by atoms with Gasteiger partial charge < -0.3 is 25.6 Å². The van der Waals surface area contributed by atoms with E-state index in [4.69, 9.17) is 4.74 Å². The molecule has 0 aliphatic carbocycles. The molecule has 1 amide bonds. The number of carbonyl (C=O) groups excluding carboxylic acids is 1. The van der Waals surface area contributed by atoms with Gasteiger partial charge in [0, 0.05) is 37.9 Å². The maximum absolute atomic E-state index is 13.9. The van der Waals surface area contributed by atoms with Crippen LogP contribution in [0.25, 0.3) is 0 Å². The number of amides is 1. The van der Waals surface area contributed by atoms with Gasteiger partial charge in [0.05, 0.1) is 24.7 Å². The highest BCUT2D eigenvalue weighted by atomic mass is 32.2. The fourth-order valence-corrected chi connectivity index (χ4v) is 5.39. The molecule has 1 aromatic heterocycles.